The van der Waals surface area contributed by atoms with E-state index in [1.807, 2.05) is 6.08 Å². The first-order valence-electron chi connectivity index (χ1n) is 3.78. The molecule has 0 amide bonds. The van der Waals surface area contributed by atoms with E-state index in [1.165, 1.54) is 25.7 Å². The Balaban J connectivity index is 2.75. The summed E-state index contributed by atoms with van der Waals surface area (Å²) in [7, 11) is 0. The van der Waals surface area contributed by atoms with Crippen molar-refractivity contribution in [3.63, 3.8) is 0 Å². The minimum atomic E-state index is 1.15. The summed E-state index contributed by atoms with van der Waals surface area (Å²) >= 11 is 0. The molecule has 0 fully saturated rings. The van der Waals surface area contributed by atoms with Crippen LogP contribution in [-0.4, -0.2) is 0 Å². The Bertz CT molecular complexity index is 62.4. The van der Waals surface area contributed by atoms with Crippen LogP contribution in [0.5, 0.6) is 0 Å². The standard InChI is InChI=1S/C9H16/c1-3-5-7-9-8-6-4-2/h1,3,5H,4,6-9H2,2H3. The summed E-state index contributed by atoms with van der Waals surface area (Å²) in [6.07, 6.45) is 10.1. The van der Waals surface area contributed by atoms with E-state index in [1.54, 1.807) is 6.08 Å². The zero-order valence-electron chi connectivity index (χ0n) is 6.27. The van der Waals surface area contributed by atoms with E-state index in [0.29, 0.717) is 0 Å². The Labute approximate surface area is 59.0 Å². The SMILES string of the molecule is [CH]C=CCCCCCC. The smallest absolute Gasteiger partial charge is 0.00958 e. The van der Waals surface area contributed by atoms with Gasteiger partial charge in [0.15, 0.2) is 0 Å². The minimum absolute atomic E-state index is 1.15. The highest BCUT2D eigenvalue weighted by molar-refractivity contribution is 4.83. The second-order valence-electron chi connectivity index (χ2n) is 2.28. The maximum Gasteiger partial charge on any atom is -0.00958 e. The summed E-state index contributed by atoms with van der Waals surface area (Å²) in [6, 6.07) is 0. The lowest BCUT2D eigenvalue weighted by molar-refractivity contribution is 0.674. The molecule has 0 aliphatic carbocycles. The van der Waals surface area contributed by atoms with Gasteiger partial charge in [-0.25, -0.2) is 0 Å². The van der Waals surface area contributed by atoms with E-state index in [0.717, 1.165) is 6.42 Å². The molecule has 0 saturated carbocycles. The predicted octanol–water partition coefficient (Wildman–Crippen LogP) is 3.22. The van der Waals surface area contributed by atoms with Crippen LogP contribution in [0.4, 0.5) is 0 Å². The highest BCUT2D eigenvalue weighted by Gasteiger charge is 1.82. The van der Waals surface area contributed by atoms with Crippen LogP contribution >= 0.6 is 0 Å². The van der Waals surface area contributed by atoms with Crippen molar-refractivity contribution in [1.29, 1.82) is 0 Å². The number of rotatable bonds is 5. The molecule has 9 heavy (non-hydrogen) atoms. The summed E-state index contributed by atoms with van der Waals surface area (Å²) in [5.74, 6) is 0. The first-order chi connectivity index (χ1) is 4.41. The fourth-order valence-corrected chi connectivity index (χ4v) is 0.785. The first kappa shape index (κ1) is 8.74. The van der Waals surface area contributed by atoms with Crippen LogP contribution < -0.4 is 0 Å². The molecule has 0 bridgehead atoms. The summed E-state index contributed by atoms with van der Waals surface area (Å²) in [6.45, 7) is 7.38. The van der Waals surface area contributed by atoms with Gasteiger partial charge in [-0.2, -0.15) is 0 Å². The highest BCUT2D eigenvalue weighted by Crippen LogP contribution is 2.02. The Morgan fingerprint density at radius 1 is 1.22 bits per heavy atom. The number of unbranched alkanes of at least 4 members (excludes halogenated alkanes) is 4. The van der Waals surface area contributed by atoms with E-state index < -0.39 is 0 Å². The quantitative estimate of drug-likeness (QED) is 0.494. The molecular weight excluding hydrogens is 108 g/mol. The second kappa shape index (κ2) is 7.74. The first-order valence-corrected chi connectivity index (χ1v) is 3.78. The predicted molar refractivity (Wildman–Crippen MR) is 42.2 cm³/mol. The molecule has 0 aromatic rings. The zero-order chi connectivity index (χ0) is 6.95. The van der Waals surface area contributed by atoms with Gasteiger partial charge in [0, 0.05) is 0 Å². The van der Waals surface area contributed by atoms with Crippen molar-refractivity contribution in [2.75, 3.05) is 0 Å². The van der Waals surface area contributed by atoms with E-state index in [2.05, 4.69) is 6.92 Å². The van der Waals surface area contributed by atoms with Crippen LogP contribution in [0, 0.1) is 6.92 Å². The third-order valence-corrected chi connectivity index (χ3v) is 1.36. The number of hydrogen-bond donors (Lipinski definition) is 0. The van der Waals surface area contributed by atoms with Gasteiger partial charge in [0.25, 0.3) is 0 Å². The molecule has 0 N–H and O–H groups in total. The van der Waals surface area contributed by atoms with Crippen molar-refractivity contribution < 1.29 is 0 Å². The highest BCUT2D eigenvalue weighted by atomic mass is 13.9. The monoisotopic (exact) mass is 124 g/mol. The maximum absolute atomic E-state index is 5.16. The fourth-order valence-electron chi connectivity index (χ4n) is 0.785. The van der Waals surface area contributed by atoms with Gasteiger partial charge in [0.2, 0.25) is 0 Å². The second-order valence-corrected chi connectivity index (χ2v) is 2.28. The molecule has 2 radical (unpaired) electrons. The van der Waals surface area contributed by atoms with Crippen LogP contribution in [0.15, 0.2) is 12.2 Å². The molecule has 0 heterocycles. The van der Waals surface area contributed by atoms with E-state index >= 15 is 0 Å². The van der Waals surface area contributed by atoms with E-state index in [4.69, 9.17) is 6.92 Å². The Morgan fingerprint density at radius 3 is 2.56 bits per heavy atom. The third kappa shape index (κ3) is 7.74. The lowest BCUT2D eigenvalue weighted by atomic mass is 10.1. The summed E-state index contributed by atoms with van der Waals surface area (Å²) in [4.78, 5) is 0. The fraction of sp³-hybridized carbons (Fsp3) is 0.667. The average Bonchev–Trinajstić information content (AvgIpc) is 1.89. The molecule has 0 aliphatic heterocycles. The topological polar surface area (TPSA) is 0 Å². The molecule has 52 valence electrons. The third-order valence-electron chi connectivity index (χ3n) is 1.36. The van der Waals surface area contributed by atoms with Crippen LogP contribution in [-0.2, 0) is 0 Å². The molecule has 0 nitrogen and oxygen atoms in total. The molecule has 0 saturated heterocycles. The molecule has 0 heteroatoms. The van der Waals surface area contributed by atoms with Crippen LogP contribution in [0.2, 0.25) is 0 Å². The van der Waals surface area contributed by atoms with Gasteiger partial charge in [0.05, 0.1) is 0 Å². The molecule has 0 aromatic heterocycles. The normalized spacial score (nSPS) is 10.9. The van der Waals surface area contributed by atoms with Crippen LogP contribution in [0.3, 0.4) is 0 Å². The Morgan fingerprint density at radius 2 is 2.00 bits per heavy atom. The average molecular weight is 124 g/mol. The van der Waals surface area contributed by atoms with Gasteiger partial charge in [0.1, 0.15) is 0 Å². The van der Waals surface area contributed by atoms with Gasteiger partial charge in [-0.15, -0.1) is 0 Å². The van der Waals surface area contributed by atoms with Gasteiger partial charge in [-0.3, -0.25) is 0 Å². The minimum Gasteiger partial charge on any atom is -0.0882 e. The van der Waals surface area contributed by atoms with Crippen molar-refractivity contribution in [3.8, 4) is 0 Å². The molecule has 0 unspecified atom stereocenters. The van der Waals surface area contributed by atoms with E-state index in [9.17, 15) is 0 Å². The Kier molecular flexibility index (Phi) is 7.52. The van der Waals surface area contributed by atoms with Crippen molar-refractivity contribution in [2.24, 2.45) is 0 Å². The van der Waals surface area contributed by atoms with Crippen molar-refractivity contribution in [2.45, 2.75) is 39.0 Å². The molecule has 0 atom stereocenters. The largest absolute Gasteiger partial charge is 0.0882 e. The lowest BCUT2D eigenvalue weighted by Crippen LogP contribution is -1.72. The number of hydrogen-bond acceptors (Lipinski definition) is 0. The molecule has 0 aliphatic rings. The summed E-state index contributed by atoms with van der Waals surface area (Å²) < 4.78 is 0. The van der Waals surface area contributed by atoms with Crippen LogP contribution in [0.1, 0.15) is 39.0 Å². The lowest BCUT2D eigenvalue weighted by Gasteiger charge is -1.92. The van der Waals surface area contributed by atoms with Gasteiger partial charge in [-0.05, 0) is 19.8 Å². The molecule has 0 spiro atoms. The van der Waals surface area contributed by atoms with Crippen molar-refractivity contribution >= 4 is 0 Å². The molecular formula is C9H16. The van der Waals surface area contributed by atoms with Gasteiger partial charge in [-0.1, -0.05) is 38.3 Å². The summed E-state index contributed by atoms with van der Waals surface area (Å²) in [5, 5.41) is 0. The maximum atomic E-state index is 5.16. The van der Waals surface area contributed by atoms with E-state index in [-0.39, 0.29) is 0 Å². The molecule has 0 aromatic carbocycles. The molecule has 0 rings (SSSR count). The van der Waals surface area contributed by atoms with Crippen LogP contribution in [0.25, 0.3) is 0 Å². The van der Waals surface area contributed by atoms with Crippen molar-refractivity contribution in [3.05, 3.63) is 19.1 Å². The zero-order valence-corrected chi connectivity index (χ0v) is 6.27. The van der Waals surface area contributed by atoms with Gasteiger partial charge < -0.3 is 0 Å². The summed E-state index contributed by atoms with van der Waals surface area (Å²) in [5.41, 5.74) is 0. The Hall–Kier alpha value is -0.260. The number of allylic oxidation sites excluding steroid dienone is 2. The van der Waals surface area contributed by atoms with Gasteiger partial charge >= 0.3 is 0 Å². The van der Waals surface area contributed by atoms with Crippen molar-refractivity contribution in [1.82, 2.24) is 0 Å².